The van der Waals surface area contributed by atoms with E-state index in [4.69, 9.17) is 9.47 Å². The highest BCUT2D eigenvalue weighted by Gasteiger charge is 2.21. The van der Waals surface area contributed by atoms with Crippen molar-refractivity contribution in [3.63, 3.8) is 0 Å². The number of methoxy groups -OCH3 is 2. The normalized spacial score (nSPS) is 19.8. The second kappa shape index (κ2) is 4.74. The predicted molar refractivity (Wildman–Crippen MR) is 64.5 cm³/mol. The van der Waals surface area contributed by atoms with Gasteiger partial charge in [-0.3, -0.25) is 0 Å². The summed E-state index contributed by atoms with van der Waals surface area (Å²) in [5.41, 5.74) is 2.47. The van der Waals surface area contributed by atoms with Gasteiger partial charge in [-0.15, -0.1) is 0 Å². The van der Waals surface area contributed by atoms with Crippen LogP contribution >= 0.6 is 0 Å². The van der Waals surface area contributed by atoms with E-state index in [1.807, 2.05) is 6.07 Å². The van der Waals surface area contributed by atoms with E-state index in [1.54, 1.807) is 14.2 Å². The van der Waals surface area contributed by atoms with Crippen LogP contribution in [-0.4, -0.2) is 27.3 Å². The summed E-state index contributed by atoms with van der Waals surface area (Å²) in [6.45, 7) is 4.21. The van der Waals surface area contributed by atoms with Gasteiger partial charge >= 0.3 is 0 Å². The van der Waals surface area contributed by atoms with Crippen LogP contribution in [0.4, 0.5) is 0 Å². The topological polar surface area (TPSA) is 30.5 Å². The van der Waals surface area contributed by atoms with Gasteiger partial charge in [-0.05, 0) is 37.1 Å². The highest BCUT2D eigenvalue weighted by Crippen LogP contribution is 2.35. The van der Waals surface area contributed by atoms with Crippen molar-refractivity contribution < 1.29 is 9.47 Å². The average Bonchev–Trinajstić information content (AvgIpc) is 2.82. The SMILES string of the molecule is COc1cc(OC)c(C2CCNC2)cc1C. The molecule has 1 atom stereocenters. The fourth-order valence-corrected chi connectivity index (χ4v) is 2.33. The van der Waals surface area contributed by atoms with Crippen molar-refractivity contribution in [1.82, 2.24) is 5.32 Å². The van der Waals surface area contributed by atoms with E-state index in [2.05, 4.69) is 18.3 Å². The van der Waals surface area contributed by atoms with Gasteiger partial charge in [0.15, 0.2) is 0 Å². The Kier molecular flexibility index (Phi) is 3.34. The minimum Gasteiger partial charge on any atom is -0.496 e. The maximum atomic E-state index is 5.45. The van der Waals surface area contributed by atoms with Gasteiger partial charge in [-0.1, -0.05) is 0 Å². The van der Waals surface area contributed by atoms with Crippen LogP contribution in [0.2, 0.25) is 0 Å². The number of hydrogen-bond acceptors (Lipinski definition) is 3. The molecule has 1 saturated heterocycles. The van der Waals surface area contributed by atoms with Crippen molar-refractivity contribution in [2.24, 2.45) is 0 Å². The highest BCUT2D eigenvalue weighted by atomic mass is 16.5. The van der Waals surface area contributed by atoms with Gasteiger partial charge in [0.1, 0.15) is 11.5 Å². The number of aryl methyl sites for hydroxylation is 1. The van der Waals surface area contributed by atoms with Crippen molar-refractivity contribution in [3.8, 4) is 11.5 Å². The fourth-order valence-electron chi connectivity index (χ4n) is 2.33. The Hall–Kier alpha value is -1.22. The molecule has 0 radical (unpaired) electrons. The number of ether oxygens (including phenoxy) is 2. The van der Waals surface area contributed by atoms with Crippen LogP contribution < -0.4 is 14.8 Å². The van der Waals surface area contributed by atoms with Gasteiger partial charge in [-0.2, -0.15) is 0 Å². The molecule has 1 N–H and O–H groups in total. The van der Waals surface area contributed by atoms with Crippen molar-refractivity contribution in [1.29, 1.82) is 0 Å². The first kappa shape index (κ1) is 11.3. The summed E-state index contributed by atoms with van der Waals surface area (Å²) in [4.78, 5) is 0. The Morgan fingerprint density at radius 1 is 1.19 bits per heavy atom. The molecule has 3 heteroatoms. The van der Waals surface area contributed by atoms with E-state index in [-0.39, 0.29) is 0 Å². The Labute approximate surface area is 96.8 Å². The molecule has 0 spiro atoms. The van der Waals surface area contributed by atoms with Crippen LogP contribution in [0.1, 0.15) is 23.5 Å². The van der Waals surface area contributed by atoms with Crippen LogP contribution in [0, 0.1) is 6.92 Å². The summed E-state index contributed by atoms with van der Waals surface area (Å²) < 4.78 is 10.8. The lowest BCUT2D eigenvalue weighted by Crippen LogP contribution is -2.09. The Bertz CT molecular complexity index is 370. The number of rotatable bonds is 3. The van der Waals surface area contributed by atoms with E-state index in [0.29, 0.717) is 5.92 Å². The molecule has 1 heterocycles. The van der Waals surface area contributed by atoms with Crippen molar-refractivity contribution >= 4 is 0 Å². The molecule has 1 aliphatic heterocycles. The largest absolute Gasteiger partial charge is 0.496 e. The smallest absolute Gasteiger partial charge is 0.126 e. The fraction of sp³-hybridized carbons (Fsp3) is 0.538. The molecule has 0 aromatic heterocycles. The summed E-state index contributed by atoms with van der Waals surface area (Å²) in [6, 6.07) is 4.18. The molecule has 16 heavy (non-hydrogen) atoms. The standard InChI is InChI=1S/C13H19NO2/c1-9-6-11(10-4-5-14-8-10)13(16-3)7-12(9)15-2/h6-7,10,14H,4-5,8H2,1-3H3. The van der Waals surface area contributed by atoms with Crippen molar-refractivity contribution in [2.75, 3.05) is 27.3 Å². The Morgan fingerprint density at radius 2 is 1.94 bits per heavy atom. The van der Waals surface area contributed by atoms with Crippen LogP contribution in [-0.2, 0) is 0 Å². The first-order chi connectivity index (χ1) is 7.76. The maximum Gasteiger partial charge on any atom is 0.126 e. The summed E-state index contributed by atoms with van der Waals surface area (Å²) in [5, 5.41) is 3.38. The molecule has 88 valence electrons. The van der Waals surface area contributed by atoms with Crippen LogP contribution in [0.15, 0.2) is 12.1 Å². The second-order valence-corrected chi connectivity index (χ2v) is 4.25. The molecule has 1 aromatic rings. The summed E-state index contributed by atoms with van der Waals surface area (Å²) in [6.07, 6.45) is 1.18. The zero-order valence-electron chi connectivity index (χ0n) is 10.2. The molecular formula is C13H19NO2. The number of nitrogens with one attached hydrogen (secondary N) is 1. The predicted octanol–water partition coefficient (Wildman–Crippen LogP) is 2.09. The van der Waals surface area contributed by atoms with Crippen LogP contribution in [0.5, 0.6) is 11.5 Å². The number of benzene rings is 1. The van der Waals surface area contributed by atoms with Crippen molar-refractivity contribution in [2.45, 2.75) is 19.3 Å². The minimum absolute atomic E-state index is 0.569. The zero-order valence-corrected chi connectivity index (χ0v) is 10.2. The second-order valence-electron chi connectivity index (χ2n) is 4.25. The van der Waals surface area contributed by atoms with Crippen molar-refractivity contribution in [3.05, 3.63) is 23.3 Å². The molecule has 1 aromatic carbocycles. The lowest BCUT2D eigenvalue weighted by Gasteiger charge is -2.16. The zero-order chi connectivity index (χ0) is 11.5. The number of hydrogen-bond donors (Lipinski definition) is 1. The van der Waals surface area contributed by atoms with Crippen LogP contribution in [0.25, 0.3) is 0 Å². The maximum absolute atomic E-state index is 5.45. The van der Waals surface area contributed by atoms with Gasteiger partial charge in [0.25, 0.3) is 0 Å². The molecule has 0 bridgehead atoms. The van der Waals surface area contributed by atoms with Gasteiger partial charge in [0.05, 0.1) is 14.2 Å². The van der Waals surface area contributed by atoms with Gasteiger partial charge in [0, 0.05) is 18.5 Å². The molecule has 1 aliphatic rings. The molecule has 0 saturated carbocycles. The molecular weight excluding hydrogens is 202 g/mol. The monoisotopic (exact) mass is 221 g/mol. The van der Waals surface area contributed by atoms with Gasteiger partial charge in [-0.25, -0.2) is 0 Å². The summed E-state index contributed by atoms with van der Waals surface area (Å²) in [5.74, 6) is 2.40. The molecule has 0 aliphatic carbocycles. The molecule has 3 nitrogen and oxygen atoms in total. The minimum atomic E-state index is 0.569. The average molecular weight is 221 g/mol. The Morgan fingerprint density at radius 3 is 2.50 bits per heavy atom. The Balaban J connectivity index is 2.39. The molecule has 1 fully saturated rings. The third-order valence-corrected chi connectivity index (χ3v) is 3.25. The summed E-state index contributed by atoms with van der Waals surface area (Å²) >= 11 is 0. The van der Waals surface area contributed by atoms with Gasteiger partial charge < -0.3 is 14.8 Å². The molecule has 0 amide bonds. The van der Waals surface area contributed by atoms with Crippen LogP contribution in [0.3, 0.4) is 0 Å². The van der Waals surface area contributed by atoms with E-state index in [0.717, 1.165) is 24.6 Å². The summed E-state index contributed by atoms with van der Waals surface area (Å²) in [7, 11) is 3.41. The van der Waals surface area contributed by atoms with E-state index in [1.165, 1.54) is 17.5 Å². The van der Waals surface area contributed by atoms with Gasteiger partial charge in [0.2, 0.25) is 0 Å². The van der Waals surface area contributed by atoms with E-state index in [9.17, 15) is 0 Å². The first-order valence-electron chi connectivity index (χ1n) is 5.69. The highest BCUT2D eigenvalue weighted by molar-refractivity contribution is 5.48. The third kappa shape index (κ3) is 2.00. The molecule has 1 unspecified atom stereocenters. The first-order valence-corrected chi connectivity index (χ1v) is 5.69. The van der Waals surface area contributed by atoms with E-state index >= 15 is 0 Å². The van der Waals surface area contributed by atoms with E-state index < -0.39 is 0 Å². The quantitative estimate of drug-likeness (QED) is 0.847. The lowest BCUT2D eigenvalue weighted by atomic mass is 9.95. The molecule has 2 rings (SSSR count). The lowest BCUT2D eigenvalue weighted by molar-refractivity contribution is 0.387. The third-order valence-electron chi connectivity index (χ3n) is 3.25.